The number of nitrogens with two attached hydrogens (primary N) is 2. The zero-order chi connectivity index (χ0) is 21.6. The maximum absolute atomic E-state index is 15.7. The number of nitrogens with zero attached hydrogens (tertiary/aromatic N) is 2. The molecule has 0 radical (unpaired) electrons. The van der Waals surface area contributed by atoms with Crippen LogP contribution in [0.4, 0.5) is 25.8 Å². The molecule has 30 heavy (non-hydrogen) atoms. The number of ketones is 1. The average molecular weight is 420 g/mol. The normalized spacial score (nSPS) is 33.9. The van der Waals surface area contributed by atoms with E-state index in [1.807, 2.05) is 0 Å². The molecule has 2 aliphatic carbocycles. The van der Waals surface area contributed by atoms with Gasteiger partial charge in [0.05, 0.1) is 11.4 Å². The van der Waals surface area contributed by atoms with Gasteiger partial charge in [-0.3, -0.25) is 9.44 Å². The van der Waals surface area contributed by atoms with Crippen LogP contribution in [0.25, 0.3) is 0 Å². The minimum atomic E-state index is -1.67. The number of halogens is 2. The van der Waals surface area contributed by atoms with Crippen molar-refractivity contribution in [2.24, 2.45) is 11.7 Å². The first-order valence-electron chi connectivity index (χ1n) is 9.97. The molecule has 1 unspecified atom stereocenters. The van der Waals surface area contributed by atoms with Crippen molar-refractivity contribution in [1.29, 1.82) is 0 Å². The van der Waals surface area contributed by atoms with Crippen molar-refractivity contribution < 1.29 is 23.5 Å². The highest BCUT2D eigenvalue weighted by Crippen LogP contribution is 2.51. The van der Waals surface area contributed by atoms with Gasteiger partial charge in [-0.25, -0.2) is 9.18 Å². The first-order chi connectivity index (χ1) is 14.1. The lowest BCUT2D eigenvalue weighted by Gasteiger charge is -2.43. The largest absolute Gasteiger partial charge is 0.622 e. The van der Waals surface area contributed by atoms with Gasteiger partial charge in [-0.1, -0.05) is 0 Å². The molecule has 0 spiro atoms. The van der Waals surface area contributed by atoms with Crippen LogP contribution in [0.15, 0.2) is 17.8 Å². The third-order valence-electron chi connectivity index (χ3n) is 6.97. The van der Waals surface area contributed by atoms with Gasteiger partial charge in [-0.2, -0.15) is 4.39 Å². The van der Waals surface area contributed by atoms with Gasteiger partial charge in [0.15, 0.2) is 17.4 Å². The number of benzene rings is 1. The van der Waals surface area contributed by atoms with E-state index in [2.05, 4.69) is 0 Å². The Kier molecular flexibility index (Phi) is 3.88. The Labute approximate surface area is 170 Å². The number of aliphatic carboxylic acids is 1. The summed E-state index contributed by atoms with van der Waals surface area (Å²) in [6.07, 6.45) is 1.54. The van der Waals surface area contributed by atoms with Crippen molar-refractivity contribution in [3.63, 3.8) is 0 Å². The minimum absolute atomic E-state index is 0.0624. The third-order valence-corrected chi connectivity index (χ3v) is 6.97. The van der Waals surface area contributed by atoms with Gasteiger partial charge in [0.25, 0.3) is 0 Å². The molecule has 1 saturated heterocycles. The van der Waals surface area contributed by atoms with E-state index in [4.69, 9.17) is 11.5 Å². The van der Waals surface area contributed by atoms with Crippen molar-refractivity contribution >= 4 is 28.8 Å². The summed E-state index contributed by atoms with van der Waals surface area (Å²) in [6, 6.07) is 0.0555. The summed E-state index contributed by atoms with van der Waals surface area (Å²) in [5.74, 6) is -3.45. The fraction of sp³-hybridized carbons (Fsp3) is 0.500. The molecule has 2 heterocycles. The lowest BCUT2D eigenvalue weighted by Crippen LogP contribution is -2.47. The van der Waals surface area contributed by atoms with Gasteiger partial charge >= 0.3 is 5.97 Å². The number of carboxylic acids is 1. The highest BCUT2D eigenvalue weighted by molar-refractivity contribution is 6.28. The predicted octanol–water partition coefficient (Wildman–Crippen LogP) is 1.81. The molecule has 0 aromatic heterocycles. The maximum atomic E-state index is 15.7. The Morgan fingerprint density at radius 1 is 1.40 bits per heavy atom. The molecule has 5 rings (SSSR count). The van der Waals surface area contributed by atoms with Crippen molar-refractivity contribution in [1.82, 2.24) is 4.65 Å². The van der Waals surface area contributed by atoms with Crippen molar-refractivity contribution in [3.05, 3.63) is 34.4 Å². The Balaban J connectivity index is 1.63. The van der Waals surface area contributed by atoms with Gasteiger partial charge in [0.1, 0.15) is 17.8 Å². The number of carboxylic acid groups (broad SMARTS) is 1. The van der Waals surface area contributed by atoms with Crippen LogP contribution < -0.4 is 21.0 Å². The molecular formula is C20H22F2N4O4. The van der Waals surface area contributed by atoms with Crippen LogP contribution in [0, 0.1) is 16.9 Å². The number of hydroxylamine groups is 2. The number of alkyl halides is 1. The molecule has 3 fully saturated rings. The van der Waals surface area contributed by atoms with E-state index in [1.165, 1.54) is 6.07 Å². The van der Waals surface area contributed by atoms with Crippen molar-refractivity contribution in [2.45, 2.75) is 43.4 Å². The van der Waals surface area contributed by atoms with E-state index >= 15 is 4.39 Å². The fourth-order valence-electron chi connectivity index (χ4n) is 4.86. The molecule has 10 heteroatoms. The van der Waals surface area contributed by atoms with Gasteiger partial charge < -0.3 is 26.7 Å². The highest BCUT2D eigenvalue weighted by Gasteiger charge is 2.56. The van der Waals surface area contributed by atoms with Crippen molar-refractivity contribution in [3.8, 4) is 0 Å². The second kappa shape index (κ2) is 5.99. The molecule has 1 aromatic carbocycles. The lowest BCUT2D eigenvalue weighted by atomic mass is 9.94. The van der Waals surface area contributed by atoms with Gasteiger partial charge in [0, 0.05) is 25.0 Å². The van der Waals surface area contributed by atoms with E-state index < -0.39 is 51.3 Å². The molecule has 0 amide bonds. The summed E-state index contributed by atoms with van der Waals surface area (Å²) >= 11 is 0. The minimum Gasteiger partial charge on any atom is -0.622 e. The van der Waals surface area contributed by atoms with Crippen LogP contribution in [-0.4, -0.2) is 47.7 Å². The molecule has 160 valence electrons. The number of carbonyl (C=O) groups is 2. The molecule has 0 bridgehead atoms. The smallest absolute Gasteiger partial charge is 0.345 e. The predicted molar refractivity (Wildman–Crippen MR) is 106 cm³/mol. The van der Waals surface area contributed by atoms with Gasteiger partial charge in [0.2, 0.25) is 11.6 Å². The van der Waals surface area contributed by atoms with E-state index in [0.717, 1.165) is 19.3 Å². The molecule has 2 aliphatic heterocycles. The highest BCUT2D eigenvalue weighted by atomic mass is 19.1. The third kappa shape index (κ3) is 2.60. The Morgan fingerprint density at radius 3 is 2.63 bits per heavy atom. The summed E-state index contributed by atoms with van der Waals surface area (Å²) < 4.78 is 28.0. The topological polar surface area (TPSA) is 133 Å². The van der Waals surface area contributed by atoms with Gasteiger partial charge in [-0.15, -0.1) is 0 Å². The lowest BCUT2D eigenvalue weighted by molar-refractivity contribution is -0.132. The number of hydrogen-bond donors (Lipinski definition) is 3. The second-order valence-electron chi connectivity index (χ2n) is 8.89. The number of Topliss-reactive ketones (excluding diaryl/α,β-unsaturated/α-hetero) is 1. The Hall–Kier alpha value is -2.56. The summed E-state index contributed by atoms with van der Waals surface area (Å²) in [6.45, 7) is 1.00. The summed E-state index contributed by atoms with van der Waals surface area (Å²) in [4.78, 5) is 26.0. The number of rotatable bonds is 4. The molecule has 2 saturated carbocycles. The number of carbonyl (C=O) groups excluding carboxylic acids is 1. The standard InChI is InChI=1S/C20H22F2N4O4/c21-11-5-14(11)26(30)8-10(19(28)29)18(27)15-12(23)6-13(16(22)17(15)26)25-4-1-9(7-25)20(24)2-3-20/h6,8-9,11,14H,1-5,7,23-24H2,(H,28,29)/t9-,11-,14-,26?/m1/s1. The van der Waals surface area contributed by atoms with E-state index in [9.17, 15) is 24.3 Å². The summed E-state index contributed by atoms with van der Waals surface area (Å²) in [7, 11) is 0. The van der Waals surface area contributed by atoms with E-state index in [0.29, 0.717) is 19.3 Å². The molecule has 4 aliphatic rings. The van der Waals surface area contributed by atoms with Crippen LogP contribution in [0.3, 0.4) is 0 Å². The molecule has 5 N–H and O–H groups in total. The first-order valence-corrected chi connectivity index (χ1v) is 9.97. The monoisotopic (exact) mass is 420 g/mol. The van der Waals surface area contributed by atoms with Crippen LogP contribution in [0.2, 0.25) is 0 Å². The zero-order valence-corrected chi connectivity index (χ0v) is 16.1. The molecular weight excluding hydrogens is 398 g/mol. The summed E-state index contributed by atoms with van der Waals surface area (Å²) in [5, 5.41) is 23.0. The second-order valence-corrected chi connectivity index (χ2v) is 8.89. The van der Waals surface area contributed by atoms with Gasteiger partial charge in [-0.05, 0) is 31.2 Å². The quantitative estimate of drug-likeness (QED) is 0.293. The average Bonchev–Trinajstić information content (AvgIpc) is 3.55. The maximum Gasteiger partial charge on any atom is 0.345 e. The Morgan fingerprint density at radius 2 is 2.07 bits per heavy atom. The van der Waals surface area contributed by atoms with Crippen LogP contribution in [-0.2, 0) is 4.79 Å². The van der Waals surface area contributed by atoms with Crippen LogP contribution in [0.1, 0.15) is 36.0 Å². The van der Waals surface area contributed by atoms with Crippen LogP contribution in [0.5, 0.6) is 0 Å². The fourth-order valence-corrected chi connectivity index (χ4v) is 4.86. The summed E-state index contributed by atoms with van der Waals surface area (Å²) in [5.41, 5.74) is 10.1. The van der Waals surface area contributed by atoms with Crippen molar-refractivity contribution in [2.75, 3.05) is 23.7 Å². The van der Waals surface area contributed by atoms with Crippen LogP contribution >= 0.6 is 0 Å². The number of hydrogen-bond acceptors (Lipinski definition) is 6. The number of nitrogen functional groups attached to an aromatic ring is 1. The zero-order valence-electron chi connectivity index (χ0n) is 16.1. The molecule has 8 nitrogen and oxygen atoms in total. The molecule has 4 atom stereocenters. The number of anilines is 2. The number of fused-ring (bicyclic) bond motifs is 1. The first kappa shape index (κ1) is 19.4. The van der Waals surface area contributed by atoms with E-state index in [1.54, 1.807) is 4.90 Å². The number of quaternary nitrogens is 1. The molecule has 1 aromatic rings. The SMILES string of the molecule is Nc1cc(N2CC[C@@H](C3(N)CC3)C2)c(F)c2c1C(=O)C(C(=O)O)=C[N+]2([O-])[C@@H]1C[C@H]1F. The van der Waals surface area contributed by atoms with E-state index in [-0.39, 0.29) is 29.3 Å². The Bertz CT molecular complexity index is 1020.